The summed E-state index contributed by atoms with van der Waals surface area (Å²) in [6.07, 6.45) is 0.393. The Bertz CT molecular complexity index is 643. The van der Waals surface area contributed by atoms with Crippen molar-refractivity contribution < 1.29 is 9.59 Å². The van der Waals surface area contributed by atoms with Crippen molar-refractivity contribution in [3.05, 3.63) is 34.3 Å². The molecule has 1 aromatic carbocycles. The number of thioether (sulfide) groups is 1. The maximum absolute atomic E-state index is 12.0. The van der Waals surface area contributed by atoms with Gasteiger partial charge in [0, 0.05) is 16.5 Å². The van der Waals surface area contributed by atoms with Crippen molar-refractivity contribution >= 4 is 55.9 Å². The highest BCUT2D eigenvalue weighted by Gasteiger charge is 2.11. The predicted molar refractivity (Wildman–Crippen MR) is 88.0 cm³/mol. The number of carbonyl (C=O) groups excluding carboxylic acids is 2. The van der Waals surface area contributed by atoms with Gasteiger partial charge < -0.3 is 5.32 Å². The van der Waals surface area contributed by atoms with E-state index in [-0.39, 0.29) is 17.4 Å². The first-order chi connectivity index (χ1) is 10.1. The molecule has 0 spiro atoms. The highest BCUT2D eigenvalue weighted by molar-refractivity contribution is 9.10. The van der Waals surface area contributed by atoms with E-state index in [4.69, 9.17) is 0 Å². The van der Waals surface area contributed by atoms with Crippen LogP contribution >= 0.6 is 39.0 Å². The van der Waals surface area contributed by atoms with Gasteiger partial charge in [-0.15, -0.1) is 10.2 Å². The van der Waals surface area contributed by atoms with Crippen LogP contribution in [0.4, 0.5) is 5.13 Å². The van der Waals surface area contributed by atoms with Gasteiger partial charge in [0.25, 0.3) is 0 Å². The van der Waals surface area contributed by atoms with Crippen LogP contribution in [-0.2, 0) is 4.79 Å². The summed E-state index contributed by atoms with van der Waals surface area (Å²) in [7, 11) is 0. The minimum atomic E-state index is -0.103. The largest absolute Gasteiger partial charge is 0.301 e. The summed E-state index contributed by atoms with van der Waals surface area (Å²) in [5.74, 6) is 0.216. The topological polar surface area (TPSA) is 72.0 Å². The van der Waals surface area contributed by atoms with Crippen molar-refractivity contribution in [1.82, 2.24) is 10.2 Å². The standard InChI is InChI=1S/C13H12BrN3O2S2/c1-2-11(19)15-12-16-17-13(21-12)20-7-10(18)8-3-5-9(14)6-4-8/h3-6H,2,7H2,1H3,(H,15,16,19). The van der Waals surface area contributed by atoms with Crippen LogP contribution in [0.25, 0.3) is 0 Å². The van der Waals surface area contributed by atoms with E-state index in [1.165, 1.54) is 23.1 Å². The lowest BCUT2D eigenvalue weighted by Crippen LogP contribution is -2.08. The second-order valence-corrected chi connectivity index (χ2v) is 7.11. The van der Waals surface area contributed by atoms with Crippen molar-refractivity contribution in [2.24, 2.45) is 0 Å². The van der Waals surface area contributed by atoms with Gasteiger partial charge in [0.2, 0.25) is 11.0 Å². The number of hydrogen-bond acceptors (Lipinski definition) is 6. The first-order valence-electron chi connectivity index (χ1n) is 6.13. The van der Waals surface area contributed by atoms with Crippen LogP contribution in [0.2, 0.25) is 0 Å². The van der Waals surface area contributed by atoms with E-state index in [0.29, 0.717) is 21.5 Å². The Labute approximate surface area is 138 Å². The summed E-state index contributed by atoms with van der Waals surface area (Å²) in [5, 5.41) is 10.9. The Morgan fingerprint density at radius 2 is 2.00 bits per heavy atom. The first-order valence-corrected chi connectivity index (χ1v) is 8.73. The van der Waals surface area contributed by atoms with Crippen molar-refractivity contribution in [2.45, 2.75) is 17.7 Å². The number of carbonyl (C=O) groups is 2. The maximum atomic E-state index is 12.0. The van der Waals surface area contributed by atoms with Crippen LogP contribution in [0.5, 0.6) is 0 Å². The fraction of sp³-hybridized carbons (Fsp3) is 0.231. The number of anilines is 1. The molecule has 0 bridgehead atoms. The Balaban J connectivity index is 1.89. The molecule has 110 valence electrons. The van der Waals surface area contributed by atoms with E-state index in [0.717, 1.165) is 4.47 Å². The molecule has 1 aromatic heterocycles. The third-order valence-electron chi connectivity index (χ3n) is 2.47. The van der Waals surface area contributed by atoms with Gasteiger partial charge in [-0.1, -0.05) is 58.1 Å². The maximum Gasteiger partial charge on any atom is 0.225 e. The number of ketones is 1. The normalized spacial score (nSPS) is 10.4. The molecule has 21 heavy (non-hydrogen) atoms. The molecule has 0 radical (unpaired) electrons. The third kappa shape index (κ3) is 4.90. The number of Topliss-reactive ketones (excluding diaryl/α,β-unsaturated/α-hetero) is 1. The minimum Gasteiger partial charge on any atom is -0.301 e. The summed E-state index contributed by atoms with van der Waals surface area (Å²) in [5.41, 5.74) is 0.662. The number of rotatable bonds is 6. The van der Waals surface area contributed by atoms with Crippen molar-refractivity contribution in [1.29, 1.82) is 0 Å². The predicted octanol–water partition coefficient (Wildman–Crippen LogP) is 3.62. The van der Waals surface area contributed by atoms with E-state index in [1.807, 2.05) is 12.1 Å². The monoisotopic (exact) mass is 385 g/mol. The van der Waals surface area contributed by atoms with Crippen LogP contribution in [0, 0.1) is 0 Å². The van der Waals surface area contributed by atoms with Crippen molar-refractivity contribution in [3.8, 4) is 0 Å². The molecule has 2 rings (SSSR count). The Kier molecular flexibility index (Phi) is 5.89. The van der Waals surface area contributed by atoms with Gasteiger partial charge in [-0.05, 0) is 12.1 Å². The van der Waals surface area contributed by atoms with E-state index in [9.17, 15) is 9.59 Å². The molecule has 1 amide bonds. The number of halogens is 1. The Morgan fingerprint density at radius 1 is 1.29 bits per heavy atom. The molecule has 0 unspecified atom stereocenters. The highest BCUT2D eigenvalue weighted by Crippen LogP contribution is 2.26. The van der Waals surface area contributed by atoms with E-state index >= 15 is 0 Å². The molecule has 0 aliphatic heterocycles. The molecule has 8 heteroatoms. The van der Waals surface area contributed by atoms with Crippen molar-refractivity contribution in [3.63, 3.8) is 0 Å². The quantitative estimate of drug-likeness (QED) is 0.466. The molecule has 1 N–H and O–H groups in total. The van der Waals surface area contributed by atoms with E-state index in [1.54, 1.807) is 19.1 Å². The van der Waals surface area contributed by atoms with Gasteiger partial charge in [-0.25, -0.2) is 0 Å². The van der Waals surface area contributed by atoms with Gasteiger partial charge in [0.05, 0.1) is 5.75 Å². The Hall–Kier alpha value is -1.25. The fourth-order valence-electron chi connectivity index (χ4n) is 1.37. The molecule has 0 saturated carbocycles. The van der Waals surface area contributed by atoms with Gasteiger partial charge in [0.15, 0.2) is 10.1 Å². The molecular weight excluding hydrogens is 374 g/mol. The first kappa shape index (κ1) is 16.1. The minimum absolute atomic E-state index is 0.0295. The second kappa shape index (κ2) is 7.67. The number of aromatic nitrogens is 2. The zero-order valence-electron chi connectivity index (χ0n) is 11.1. The Morgan fingerprint density at radius 3 is 2.67 bits per heavy atom. The lowest BCUT2D eigenvalue weighted by Gasteiger charge is -1.99. The molecule has 0 saturated heterocycles. The summed E-state index contributed by atoms with van der Waals surface area (Å²) < 4.78 is 1.60. The van der Waals surface area contributed by atoms with Gasteiger partial charge in [0.1, 0.15) is 0 Å². The van der Waals surface area contributed by atoms with Crippen LogP contribution in [0.3, 0.4) is 0 Å². The summed E-state index contributed by atoms with van der Waals surface area (Å²) >= 11 is 5.91. The van der Waals surface area contributed by atoms with Crippen LogP contribution in [0.1, 0.15) is 23.7 Å². The van der Waals surface area contributed by atoms with Crippen molar-refractivity contribution in [2.75, 3.05) is 11.1 Å². The number of benzene rings is 1. The van der Waals surface area contributed by atoms with E-state index in [2.05, 4.69) is 31.4 Å². The smallest absolute Gasteiger partial charge is 0.225 e. The van der Waals surface area contributed by atoms with Crippen LogP contribution in [0.15, 0.2) is 33.1 Å². The summed E-state index contributed by atoms with van der Waals surface area (Å²) in [6, 6.07) is 7.22. The molecular formula is C13H12BrN3O2S2. The van der Waals surface area contributed by atoms with Crippen LogP contribution < -0.4 is 5.32 Å². The molecule has 2 aromatic rings. The average molecular weight is 386 g/mol. The number of amides is 1. The second-order valence-electron chi connectivity index (χ2n) is 3.99. The molecule has 1 heterocycles. The average Bonchev–Trinajstić information content (AvgIpc) is 2.93. The molecule has 0 atom stereocenters. The SMILES string of the molecule is CCC(=O)Nc1nnc(SCC(=O)c2ccc(Br)cc2)s1. The zero-order valence-corrected chi connectivity index (χ0v) is 14.3. The van der Waals surface area contributed by atoms with E-state index < -0.39 is 0 Å². The van der Waals surface area contributed by atoms with Gasteiger partial charge in [-0.2, -0.15) is 0 Å². The molecule has 0 aliphatic rings. The number of nitrogens with one attached hydrogen (secondary N) is 1. The third-order valence-corrected chi connectivity index (χ3v) is 4.97. The zero-order chi connectivity index (χ0) is 15.2. The number of hydrogen-bond donors (Lipinski definition) is 1. The number of nitrogens with zero attached hydrogens (tertiary/aromatic N) is 2. The van der Waals surface area contributed by atoms with Gasteiger partial charge >= 0.3 is 0 Å². The summed E-state index contributed by atoms with van der Waals surface area (Å²) in [4.78, 5) is 23.2. The fourth-order valence-corrected chi connectivity index (χ4v) is 3.30. The molecule has 0 aliphatic carbocycles. The lowest BCUT2D eigenvalue weighted by atomic mass is 10.2. The summed E-state index contributed by atoms with van der Waals surface area (Å²) in [6.45, 7) is 1.77. The highest BCUT2D eigenvalue weighted by atomic mass is 79.9. The van der Waals surface area contributed by atoms with Crippen LogP contribution in [-0.4, -0.2) is 27.6 Å². The molecule has 0 fully saturated rings. The van der Waals surface area contributed by atoms with Gasteiger partial charge in [-0.3, -0.25) is 9.59 Å². The molecule has 5 nitrogen and oxygen atoms in total. The lowest BCUT2D eigenvalue weighted by molar-refractivity contribution is -0.115.